The van der Waals surface area contributed by atoms with Crippen molar-refractivity contribution in [1.82, 2.24) is 9.78 Å². The van der Waals surface area contributed by atoms with Gasteiger partial charge in [0.2, 0.25) is 0 Å². The number of nitrogens with zero attached hydrogens (tertiary/aromatic N) is 2. The fourth-order valence-electron chi connectivity index (χ4n) is 1.96. The first-order valence-corrected chi connectivity index (χ1v) is 6.62. The van der Waals surface area contributed by atoms with Crippen LogP contribution in [-0.2, 0) is 16.4 Å². The molecule has 3 N–H and O–H groups in total. The third kappa shape index (κ3) is 2.48. The number of rotatable bonds is 3. The number of aliphatic hydroxyl groups excluding tert-OH is 1. The Morgan fingerprint density at radius 2 is 1.95 bits per heavy atom. The first-order chi connectivity index (χ1) is 9.18. The third-order valence-corrected chi connectivity index (χ3v) is 4.09. The fraction of sp³-hybridized carbons (Fsp3) is 0.615. The summed E-state index contributed by atoms with van der Waals surface area (Å²) in [6, 6.07) is 0. The Balaban J connectivity index is 2.29. The minimum atomic E-state index is -0.579. The molecule has 0 atom stereocenters. The highest BCUT2D eigenvalue weighted by Gasteiger charge is 2.52. The van der Waals surface area contributed by atoms with Gasteiger partial charge in [0.05, 0.1) is 24.0 Å². The molecule has 0 aliphatic carbocycles. The zero-order valence-corrected chi connectivity index (χ0v) is 12.7. The second kappa shape index (κ2) is 4.91. The van der Waals surface area contributed by atoms with Gasteiger partial charge in [0.25, 0.3) is 0 Å². The number of nitrogens with two attached hydrogens (primary N) is 1. The molecule has 0 saturated carbocycles. The Labute approximate surface area is 119 Å². The molecule has 0 unspecified atom stereocenters. The summed E-state index contributed by atoms with van der Waals surface area (Å²) in [5.74, 6) is 0.535. The highest BCUT2D eigenvalue weighted by atomic mass is 16.7. The maximum absolute atomic E-state index is 9.59. The lowest BCUT2D eigenvalue weighted by molar-refractivity contribution is 0.00578. The molecule has 20 heavy (non-hydrogen) atoms. The van der Waals surface area contributed by atoms with Crippen LogP contribution in [0.3, 0.4) is 0 Å². The molecule has 1 aliphatic rings. The highest BCUT2D eigenvalue weighted by molar-refractivity contribution is 6.55. The number of aryl methyl sites for hydroxylation is 1. The van der Waals surface area contributed by atoms with Crippen LogP contribution in [-0.4, -0.2) is 39.8 Å². The second-order valence-electron chi connectivity index (χ2n) is 6.07. The lowest BCUT2D eigenvalue weighted by Gasteiger charge is -2.32. The molecule has 1 aromatic heterocycles. The van der Waals surface area contributed by atoms with Gasteiger partial charge in [-0.2, -0.15) is 5.10 Å². The van der Waals surface area contributed by atoms with Crippen molar-refractivity contribution in [3.8, 4) is 0 Å². The van der Waals surface area contributed by atoms with E-state index in [4.69, 9.17) is 15.0 Å². The van der Waals surface area contributed by atoms with Crippen LogP contribution in [0.15, 0.2) is 11.7 Å². The van der Waals surface area contributed by atoms with Gasteiger partial charge < -0.3 is 20.1 Å². The van der Waals surface area contributed by atoms with Crippen LogP contribution in [0.2, 0.25) is 0 Å². The van der Waals surface area contributed by atoms with Crippen molar-refractivity contribution < 1.29 is 14.4 Å². The van der Waals surface area contributed by atoms with Crippen molar-refractivity contribution in [2.24, 2.45) is 7.05 Å². The zero-order valence-electron chi connectivity index (χ0n) is 12.7. The Morgan fingerprint density at radius 3 is 2.35 bits per heavy atom. The van der Waals surface area contributed by atoms with Gasteiger partial charge in [-0.25, -0.2) is 0 Å². The van der Waals surface area contributed by atoms with Crippen molar-refractivity contribution in [3.05, 3.63) is 17.2 Å². The van der Waals surface area contributed by atoms with Gasteiger partial charge in [-0.05, 0) is 33.2 Å². The van der Waals surface area contributed by atoms with Gasteiger partial charge in [-0.1, -0.05) is 6.08 Å². The predicted octanol–water partition coefficient (Wildman–Crippen LogP) is 1.01. The van der Waals surface area contributed by atoms with Crippen LogP contribution in [0, 0.1) is 0 Å². The van der Waals surface area contributed by atoms with E-state index in [0.29, 0.717) is 11.3 Å². The molecule has 7 heteroatoms. The number of nitrogen functional groups attached to an aromatic ring is 1. The van der Waals surface area contributed by atoms with Crippen LogP contribution >= 0.6 is 0 Å². The molecule has 110 valence electrons. The van der Waals surface area contributed by atoms with E-state index in [2.05, 4.69) is 5.10 Å². The molecule has 1 aromatic rings. The van der Waals surface area contributed by atoms with E-state index >= 15 is 0 Å². The Kier molecular flexibility index (Phi) is 3.70. The van der Waals surface area contributed by atoms with Gasteiger partial charge in [0.1, 0.15) is 5.82 Å². The summed E-state index contributed by atoms with van der Waals surface area (Å²) in [7, 11) is 1.18. The van der Waals surface area contributed by atoms with Crippen LogP contribution in [0.25, 0.3) is 6.08 Å². The van der Waals surface area contributed by atoms with Crippen molar-refractivity contribution in [2.75, 3.05) is 12.3 Å². The Hall–Kier alpha value is -1.31. The summed E-state index contributed by atoms with van der Waals surface area (Å²) in [5, 5.41) is 13.7. The van der Waals surface area contributed by atoms with Crippen molar-refractivity contribution >= 4 is 19.0 Å². The Morgan fingerprint density at radius 1 is 1.40 bits per heavy atom. The quantitative estimate of drug-likeness (QED) is 0.807. The fourth-order valence-corrected chi connectivity index (χ4v) is 1.96. The molecule has 0 bridgehead atoms. The normalized spacial score (nSPS) is 21.5. The molecule has 1 saturated heterocycles. The molecule has 2 heterocycles. The number of hydrogen-bond donors (Lipinski definition) is 2. The lowest BCUT2D eigenvalue weighted by Crippen LogP contribution is -2.41. The average molecular weight is 279 g/mol. The molecular formula is C13H22BN3O3. The lowest BCUT2D eigenvalue weighted by atomic mass is 9.77. The first kappa shape index (κ1) is 15.1. The minimum Gasteiger partial charge on any atom is -0.400 e. The highest BCUT2D eigenvalue weighted by Crippen LogP contribution is 2.38. The van der Waals surface area contributed by atoms with E-state index in [1.165, 1.54) is 0 Å². The summed E-state index contributed by atoms with van der Waals surface area (Å²) >= 11 is 0. The summed E-state index contributed by atoms with van der Waals surface area (Å²) in [5.41, 5.74) is 6.40. The van der Waals surface area contributed by atoms with Crippen LogP contribution in [0.1, 0.15) is 33.3 Å². The van der Waals surface area contributed by atoms with Crippen LogP contribution in [0.5, 0.6) is 0 Å². The van der Waals surface area contributed by atoms with Crippen molar-refractivity contribution in [3.63, 3.8) is 0 Å². The predicted molar refractivity (Wildman–Crippen MR) is 78.8 cm³/mol. The monoisotopic (exact) mass is 279 g/mol. The van der Waals surface area contributed by atoms with Gasteiger partial charge in [-0.15, -0.1) is 0 Å². The molecular weight excluding hydrogens is 257 g/mol. The summed E-state index contributed by atoms with van der Waals surface area (Å²) < 4.78 is 13.4. The Bertz CT molecular complexity index is 521. The number of anilines is 1. The minimum absolute atomic E-state index is 0.162. The van der Waals surface area contributed by atoms with Crippen molar-refractivity contribution in [1.29, 1.82) is 0 Å². The number of aromatic nitrogens is 2. The smallest absolute Gasteiger partial charge is 0.400 e. The van der Waals surface area contributed by atoms with Crippen LogP contribution in [0.4, 0.5) is 5.82 Å². The molecule has 6 nitrogen and oxygen atoms in total. The molecule has 0 amide bonds. The maximum Gasteiger partial charge on any atom is 0.492 e. The van der Waals surface area contributed by atoms with Gasteiger partial charge in [0, 0.05) is 12.6 Å². The third-order valence-electron chi connectivity index (χ3n) is 4.09. The zero-order chi connectivity index (χ0) is 15.1. The van der Waals surface area contributed by atoms with Gasteiger partial charge in [0.15, 0.2) is 0 Å². The van der Waals surface area contributed by atoms with E-state index in [0.717, 1.165) is 5.56 Å². The standard InChI is InChI=1S/C13H22BN3O3/c1-12(2)13(3,4)20-14(19-12)10(8-18)6-9-7-16-17(5)11(9)15/h6-7,18H,8,15H2,1-5H3. The number of hydrogen-bond acceptors (Lipinski definition) is 5. The molecule has 0 radical (unpaired) electrons. The van der Waals surface area contributed by atoms with Gasteiger partial charge in [-0.3, -0.25) is 4.68 Å². The molecule has 0 aromatic carbocycles. The summed E-state index contributed by atoms with van der Waals surface area (Å²) in [6.07, 6.45) is 3.42. The van der Waals surface area contributed by atoms with E-state index in [9.17, 15) is 5.11 Å². The topological polar surface area (TPSA) is 82.5 Å². The van der Waals surface area contributed by atoms with E-state index in [1.807, 2.05) is 27.7 Å². The van der Waals surface area contributed by atoms with Gasteiger partial charge >= 0.3 is 7.12 Å². The summed E-state index contributed by atoms with van der Waals surface area (Å²) in [6.45, 7) is 7.73. The molecule has 2 rings (SSSR count). The van der Waals surface area contributed by atoms with Crippen molar-refractivity contribution in [2.45, 2.75) is 38.9 Å². The first-order valence-electron chi connectivity index (χ1n) is 6.62. The second-order valence-corrected chi connectivity index (χ2v) is 6.07. The SMILES string of the molecule is Cn1ncc(C=C(CO)B2OC(C)(C)C(C)(C)O2)c1N. The molecule has 1 aliphatic heterocycles. The number of aliphatic hydroxyl groups is 1. The average Bonchev–Trinajstić information content (AvgIpc) is 2.76. The maximum atomic E-state index is 9.59. The molecule has 0 spiro atoms. The largest absolute Gasteiger partial charge is 0.492 e. The van der Waals surface area contributed by atoms with Crippen LogP contribution < -0.4 is 5.73 Å². The van der Waals surface area contributed by atoms with E-state index in [1.54, 1.807) is 24.0 Å². The molecule has 1 fully saturated rings. The summed E-state index contributed by atoms with van der Waals surface area (Å²) in [4.78, 5) is 0. The van der Waals surface area contributed by atoms with E-state index in [-0.39, 0.29) is 6.61 Å². The van der Waals surface area contributed by atoms with E-state index < -0.39 is 18.3 Å².